The van der Waals surface area contributed by atoms with E-state index in [0.717, 1.165) is 0 Å². The van der Waals surface area contributed by atoms with Gasteiger partial charge in [0.25, 0.3) is 0 Å². The van der Waals surface area contributed by atoms with Gasteiger partial charge in [-0.3, -0.25) is 4.79 Å². The second kappa shape index (κ2) is 9.29. The van der Waals surface area contributed by atoms with Crippen molar-refractivity contribution in [2.45, 2.75) is 32.4 Å². The van der Waals surface area contributed by atoms with Crippen LogP contribution >= 0.6 is 11.6 Å². The van der Waals surface area contributed by atoms with Gasteiger partial charge in [0.05, 0.1) is 5.02 Å². The SMILES string of the molecule is CC[C@@H](N[C@@H](C)CNC=O)c1ccc(Cl)c(Oc2ncccn2)c1F. The Morgan fingerprint density at radius 1 is 1.36 bits per heavy atom. The molecular weight excluding hydrogens is 347 g/mol. The Hall–Kier alpha value is -2.25. The van der Waals surface area contributed by atoms with Crippen LogP contribution in [0.4, 0.5) is 4.39 Å². The molecule has 0 aliphatic rings. The van der Waals surface area contributed by atoms with Crippen LogP contribution in [0.25, 0.3) is 0 Å². The van der Waals surface area contributed by atoms with Gasteiger partial charge < -0.3 is 15.4 Å². The number of halogens is 2. The van der Waals surface area contributed by atoms with E-state index in [-0.39, 0.29) is 28.9 Å². The summed E-state index contributed by atoms with van der Waals surface area (Å²) < 4.78 is 20.4. The fourth-order valence-electron chi connectivity index (χ4n) is 2.39. The minimum absolute atomic E-state index is 0.0185. The highest BCUT2D eigenvalue weighted by Crippen LogP contribution is 2.35. The first-order chi connectivity index (χ1) is 12.1. The minimum Gasteiger partial charge on any atom is -0.420 e. The highest BCUT2D eigenvalue weighted by atomic mass is 35.5. The van der Waals surface area contributed by atoms with Gasteiger partial charge in [-0.25, -0.2) is 14.4 Å². The zero-order valence-corrected chi connectivity index (χ0v) is 14.8. The Labute approximate surface area is 150 Å². The summed E-state index contributed by atoms with van der Waals surface area (Å²) in [6.45, 7) is 4.28. The Balaban J connectivity index is 2.25. The molecule has 0 radical (unpaired) electrons. The largest absolute Gasteiger partial charge is 0.420 e. The van der Waals surface area contributed by atoms with Crippen molar-refractivity contribution in [2.24, 2.45) is 0 Å². The smallest absolute Gasteiger partial charge is 0.322 e. The molecule has 1 heterocycles. The molecule has 134 valence electrons. The van der Waals surface area contributed by atoms with Crippen molar-refractivity contribution in [3.63, 3.8) is 0 Å². The van der Waals surface area contributed by atoms with E-state index in [9.17, 15) is 9.18 Å². The van der Waals surface area contributed by atoms with Gasteiger partial charge in [0.1, 0.15) is 0 Å². The number of amides is 1. The standard InChI is InChI=1S/C17H20ClFN4O2/c1-3-14(23-11(2)9-20-10-24)12-5-6-13(18)16(15(12)19)25-17-21-7-4-8-22-17/h4-8,10-11,14,23H,3,9H2,1-2H3,(H,20,24)/t11-,14+/m0/s1. The number of carbonyl (C=O) groups is 1. The fourth-order valence-corrected chi connectivity index (χ4v) is 2.58. The van der Waals surface area contributed by atoms with Crippen LogP contribution in [-0.2, 0) is 4.79 Å². The Morgan fingerprint density at radius 2 is 2.08 bits per heavy atom. The summed E-state index contributed by atoms with van der Waals surface area (Å²) in [5.74, 6) is -0.667. The van der Waals surface area contributed by atoms with Gasteiger partial charge in [0, 0.05) is 36.6 Å². The lowest BCUT2D eigenvalue weighted by Gasteiger charge is -2.23. The van der Waals surface area contributed by atoms with Crippen molar-refractivity contribution < 1.29 is 13.9 Å². The summed E-state index contributed by atoms with van der Waals surface area (Å²) in [7, 11) is 0. The number of rotatable bonds is 9. The maximum Gasteiger partial charge on any atom is 0.322 e. The van der Waals surface area contributed by atoms with Crippen molar-refractivity contribution in [1.82, 2.24) is 20.6 Å². The Kier molecular flexibility index (Phi) is 7.09. The minimum atomic E-state index is -0.560. The van der Waals surface area contributed by atoms with Gasteiger partial charge in [0.15, 0.2) is 11.6 Å². The van der Waals surface area contributed by atoms with Crippen LogP contribution in [0.15, 0.2) is 30.6 Å². The fraction of sp³-hybridized carbons (Fsp3) is 0.353. The van der Waals surface area contributed by atoms with Crippen molar-refractivity contribution >= 4 is 18.0 Å². The van der Waals surface area contributed by atoms with E-state index in [1.807, 2.05) is 13.8 Å². The number of benzene rings is 1. The van der Waals surface area contributed by atoms with Crippen molar-refractivity contribution in [3.8, 4) is 11.8 Å². The lowest BCUT2D eigenvalue weighted by molar-refractivity contribution is -0.109. The molecule has 0 aliphatic heterocycles. The number of nitrogens with zero attached hydrogens (tertiary/aromatic N) is 2. The number of nitrogens with one attached hydrogen (secondary N) is 2. The molecule has 2 atom stereocenters. The van der Waals surface area contributed by atoms with Gasteiger partial charge in [-0.15, -0.1) is 0 Å². The summed E-state index contributed by atoms with van der Waals surface area (Å²) in [4.78, 5) is 18.2. The molecule has 0 bridgehead atoms. The first kappa shape index (κ1) is 19.1. The van der Waals surface area contributed by atoms with E-state index in [1.165, 1.54) is 12.4 Å². The maximum atomic E-state index is 15.0. The molecule has 2 N–H and O–H groups in total. The van der Waals surface area contributed by atoms with Gasteiger partial charge in [0.2, 0.25) is 6.41 Å². The first-order valence-corrected chi connectivity index (χ1v) is 8.30. The third-order valence-electron chi connectivity index (χ3n) is 3.59. The van der Waals surface area contributed by atoms with Crippen LogP contribution in [0, 0.1) is 5.82 Å². The van der Waals surface area contributed by atoms with E-state index in [4.69, 9.17) is 16.3 Å². The first-order valence-electron chi connectivity index (χ1n) is 7.92. The molecule has 8 heteroatoms. The van der Waals surface area contributed by atoms with Crippen molar-refractivity contribution in [1.29, 1.82) is 0 Å². The van der Waals surface area contributed by atoms with Crippen LogP contribution in [-0.4, -0.2) is 29.0 Å². The third kappa shape index (κ3) is 5.11. The summed E-state index contributed by atoms with van der Waals surface area (Å²) in [5, 5.41) is 6.01. The van der Waals surface area contributed by atoms with Crippen LogP contribution in [0.2, 0.25) is 5.02 Å². The topological polar surface area (TPSA) is 76.1 Å². The van der Waals surface area contributed by atoms with Crippen LogP contribution in [0.1, 0.15) is 31.9 Å². The second-order valence-corrected chi connectivity index (χ2v) is 5.87. The summed E-state index contributed by atoms with van der Waals surface area (Å²) >= 11 is 6.08. The predicted octanol–water partition coefficient (Wildman–Crippen LogP) is 3.24. The van der Waals surface area contributed by atoms with Crippen LogP contribution in [0.3, 0.4) is 0 Å². The average molecular weight is 367 g/mol. The van der Waals surface area contributed by atoms with E-state index in [2.05, 4.69) is 20.6 Å². The molecule has 0 fully saturated rings. The van der Waals surface area contributed by atoms with Gasteiger partial charge in [-0.05, 0) is 25.5 Å². The van der Waals surface area contributed by atoms with Gasteiger partial charge in [-0.2, -0.15) is 0 Å². The third-order valence-corrected chi connectivity index (χ3v) is 3.89. The molecule has 2 aromatic rings. The summed E-state index contributed by atoms with van der Waals surface area (Å²) in [5.41, 5.74) is 0.427. The number of aromatic nitrogens is 2. The molecular formula is C17H20ClFN4O2. The molecule has 2 rings (SSSR count). The highest BCUT2D eigenvalue weighted by Gasteiger charge is 2.22. The number of hydrogen-bond donors (Lipinski definition) is 2. The van der Waals surface area contributed by atoms with E-state index < -0.39 is 5.82 Å². The lowest BCUT2D eigenvalue weighted by atomic mass is 10.0. The molecule has 1 amide bonds. The quantitative estimate of drug-likeness (QED) is 0.666. The molecule has 1 aromatic carbocycles. The Bertz CT molecular complexity index is 703. The Morgan fingerprint density at radius 3 is 2.72 bits per heavy atom. The molecule has 6 nitrogen and oxygen atoms in total. The lowest BCUT2D eigenvalue weighted by Crippen LogP contribution is -2.38. The maximum absolute atomic E-state index is 15.0. The molecule has 0 saturated heterocycles. The van der Waals surface area contributed by atoms with E-state index >= 15 is 0 Å². The predicted molar refractivity (Wildman–Crippen MR) is 93.2 cm³/mol. The molecule has 25 heavy (non-hydrogen) atoms. The molecule has 1 aromatic heterocycles. The van der Waals surface area contributed by atoms with Gasteiger partial charge in [-0.1, -0.05) is 24.6 Å². The molecule has 0 spiro atoms. The zero-order chi connectivity index (χ0) is 18.2. The summed E-state index contributed by atoms with van der Waals surface area (Å²) in [6, 6.07) is 4.55. The number of hydrogen-bond acceptors (Lipinski definition) is 5. The van der Waals surface area contributed by atoms with Crippen LogP contribution in [0.5, 0.6) is 11.8 Å². The van der Waals surface area contributed by atoms with E-state index in [1.54, 1.807) is 18.2 Å². The molecule has 0 saturated carbocycles. The zero-order valence-electron chi connectivity index (χ0n) is 14.0. The second-order valence-electron chi connectivity index (χ2n) is 5.47. The summed E-state index contributed by atoms with van der Waals surface area (Å²) in [6.07, 6.45) is 4.27. The number of ether oxygens (including phenoxy) is 1. The molecule has 0 unspecified atom stereocenters. The van der Waals surface area contributed by atoms with Crippen LogP contribution < -0.4 is 15.4 Å². The van der Waals surface area contributed by atoms with Crippen molar-refractivity contribution in [2.75, 3.05) is 6.54 Å². The monoisotopic (exact) mass is 366 g/mol. The normalized spacial score (nSPS) is 13.1. The van der Waals surface area contributed by atoms with Gasteiger partial charge >= 0.3 is 6.01 Å². The molecule has 0 aliphatic carbocycles. The average Bonchev–Trinajstić information content (AvgIpc) is 2.63. The highest BCUT2D eigenvalue weighted by molar-refractivity contribution is 6.32. The van der Waals surface area contributed by atoms with Crippen molar-refractivity contribution in [3.05, 3.63) is 47.0 Å². The van der Waals surface area contributed by atoms with E-state index in [0.29, 0.717) is 24.9 Å². The number of carbonyl (C=O) groups excluding carboxylic acids is 1.